The van der Waals surface area contributed by atoms with E-state index >= 15 is 0 Å². The minimum atomic E-state index is -1.29. The van der Waals surface area contributed by atoms with Crippen LogP contribution in [0.25, 0.3) is 0 Å². The van der Waals surface area contributed by atoms with Crippen LogP contribution in [0.4, 0.5) is 4.79 Å². The van der Waals surface area contributed by atoms with Gasteiger partial charge in [0.2, 0.25) is 5.78 Å². The van der Waals surface area contributed by atoms with E-state index in [0.29, 0.717) is 5.69 Å². The summed E-state index contributed by atoms with van der Waals surface area (Å²) < 4.78 is 14.0. The third-order valence-electron chi connectivity index (χ3n) is 5.52. The Morgan fingerprint density at radius 1 is 0.820 bits per heavy atom. The second-order valence-electron chi connectivity index (χ2n) is 9.22. The molecule has 7 N–H and O–H groups in total. The van der Waals surface area contributed by atoms with Gasteiger partial charge in [0.1, 0.15) is 12.1 Å². The molecule has 0 spiro atoms. The van der Waals surface area contributed by atoms with Gasteiger partial charge in [-0.15, -0.1) is 0 Å². The number of aromatic amines is 1. The molecular weight excluding hydrogens is 754 g/mol. The van der Waals surface area contributed by atoms with Crippen LogP contribution in [-0.4, -0.2) is 99.4 Å². The van der Waals surface area contributed by atoms with Crippen molar-refractivity contribution in [2.75, 3.05) is 20.3 Å². The number of amides is 1. The maximum absolute atomic E-state index is 12.0. The SMILES string of the molecule is COC(=O)N[C@@H](Cc1c[nH]cn1)C(=O)O.N[C@@H](CC(=O)O)C(=O)O.O=C(COC(=O)c1c(Cl)cccc1Cl)COC(=O)c1c(Cl)cccc1Cl. The van der Waals surface area contributed by atoms with Gasteiger partial charge in [-0.2, -0.15) is 0 Å². The van der Waals surface area contributed by atoms with Crippen molar-refractivity contribution >= 4 is 88.1 Å². The molecule has 0 unspecified atom stereocenters. The van der Waals surface area contributed by atoms with E-state index in [0.717, 1.165) is 0 Å². The van der Waals surface area contributed by atoms with Crippen molar-refractivity contribution < 1.29 is 63.1 Å². The van der Waals surface area contributed by atoms with Gasteiger partial charge in [-0.05, 0) is 24.3 Å². The zero-order chi connectivity index (χ0) is 38.0. The molecule has 0 saturated carbocycles. The topological polar surface area (TPSA) is 275 Å². The van der Waals surface area contributed by atoms with E-state index in [1.807, 2.05) is 0 Å². The van der Waals surface area contributed by atoms with Crippen molar-refractivity contribution in [3.05, 3.63) is 85.8 Å². The summed E-state index contributed by atoms with van der Waals surface area (Å²) in [6.07, 6.45) is 1.79. The summed E-state index contributed by atoms with van der Waals surface area (Å²) in [5, 5.41) is 27.4. The fourth-order valence-electron chi connectivity index (χ4n) is 3.15. The Morgan fingerprint density at radius 2 is 1.28 bits per heavy atom. The van der Waals surface area contributed by atoms with Gasteiger partial charge in [-0.1, -0.05) is 58.5 Å². The summed E-state index contributed by atoms with van der Waals surface area (Å²) >= 11 is 23.5. The van der Waals surface area contributed by atoms with Crippen molar-refractivity contribution in [1.82, 2.24) is 15.3 Å². The van der Waals surface area contributed by atoms with Crippen molar-refractivity contribution in [3.8, 4) is 0 Å². The minimum absolute atomic E-state index is 0.0523. The Hall–Kier alpha value is -4.94. The van der Waals surface area contributed by atoms with Crippen LogP contribution in [0, 0.1) is 0 Å². The normalized spacial score (nSPS) is 11.2. The molecule has 0 fully saturated rings. The lowest BCUT2D eigenvalue weighted by molar-refractivity contribution is -0.144. The first-order valence-corrected chi connectivity index (χ1v) is 15.0. The second-order valence-corrected chi connectivity index (χ2v) is 10.8. The summed E-state index contributed by atoms with van der Waals surface area (Å²) in [5.41, 5.74) is 5.29. The third kappa shape index (κ3) is 15.5. The molecule has 270 valence electrons. The molecule has 0 saturated heterocycles. The number of ketones is 1. The standard InChI is InChI=1S/C17H10Cl4O5.C8H11N3O4.C4H7NO4/c18-10-3-1-4-11(19)14(10)16(23)25-7-9(22)8-26-17(24)15-12(20)5-2-6-13(15)21;1-15-8(14)11-6(7(12)13)2-5-3-9-4-10-5;5-2(4(8)9)1-3(6)7/h1-6H,7-8H2;3-4,6H,2H2,1H3,(H,9,10)(H,11,14)(H,12,13);2H,1,5H2,(H,6,7)(H,8,9)/t;6-;2-/m.00/s1. The van der Waals surface area contributed by atoms with E-state index in [1.165, 1.54) is 37.7 Å². The number of carboxylic acid groups (broad SMARTS) is 3. The molecule has 1 heterocycles. The highest BCUT2D eigenvalue weighted by molar-refractivity contribution is 6.40. The smallest absolute Gasteiger partial charge is 0.407 e. The predicted molar refractivity (Wildman–Crippen MR) is 176 cm³/mol. The summed E-state index contributed by atoms with van der Waals surface area (Å²) in [4.78, 5) is 83.4. The number of nitrogens with zero attached hydrogens (tertiary/aromatic N) is 1. The summed E-state index contributed by atoms with van der Waals surface area (Å²) in [6.45, 7) is -1.24. The van der Waals surface area contributed by atoms with Crippen LogP contribution < -0.4 is 11.1 Å². The highest BCUT2D eigenvalue weighted by Crippen LogP contribution is 2.26. The Morgan fingerprint density at radius 3 is 1.60 bits per heavy atom. The highest BCUT2D eigenvalue weighted by atomic mass is 35.5. The molecule has 1 aromatic heterocycles. The quantitative estimate of drug-likeness (QED) is 0.107. The van der Waals surface area contributed by atoms with Crippen molar-refractivity contribution in [3.63, 3.8) is 0 Å². The molecule has 1 amide bonds. The van der Waals surface area contributed by atoms with Crippen LogP contribution in [0.5, 0.6) is 0 Å². The number of hydrogen-bond donors (Lipinski definition) is 6. The molecule has 3 rings (SSSR count). The molecular formula is C29H28Cl4N4O13. The number of rotatable bonds is 13. The van der Waals surface area contributed by atoms with Gasteiger partial charge < -0.3 is 45.6 Å². The van der Waals surface area contributed by atoms with Crippen LogP contribution in [-0.2, 0) is 39.8 Å². The Kier molecular flexibility index (Phi) is 18.9. The number of alkyl carbamates (subject to hydrolysis) is 1. The lowest BCUT2D eigenvalue weighted by atomic mass is 10.2. The molecule has 0 aliphatic carbocycles. The van der Waals surface area contributed by atoms with Crippen molar-refractivity contribution in [2.24, 2.45) is 5.73 Å². The fourth-order valence-corrected chi connectivity index (χ4v) is 4.26. The van der Waals surface area contributed by atoms with E-state index in [2.05, 4.69) is 20.0 Å². The van der Waals surface area contributed by atoms with Gasteiger partial charge in [0.15, 0.2) is 13.2 Å². The Balaban J connectivity index is 0.000000437. The Labute approximate surface area is 302 Å². The first-order chi connectivity index (χ1) is 23.5. The number of halogens is 4. The summed E-state index contributed by atoms with van der Waals surface area (Å²) in [7, 11) is 1.17. The van der Waals surface area contributed by atoms with Gasteiger partial charge in [0.25, 0.3) is 0 Å². The summed E-state index contributed by atoms with van der Waals surface area (Å²) in [5.74, 6) is -6.02. The van der Waals surface area contributed by atoms with Gasteiger partial charge >= 0.3 is 35.9 Å². The number of carbonyl (C=O) groups excluding carboxylic acids is 4. The molecule has 50 heavy (non-hydrogen) atoms. The average Bonchev–Trinajstić information content (AvgIpc) is 3.55. The molecule has 0 aliphatic heterocycles. The van der Waals surface area contributed by atoms with Gasteiger partial charge in [0.05, 0.1) is 56.8 Å². The number of carbonyl (C=O) groups is 7. The van der Waals surface area contributed by atoms with E-state index in [-0.39, 0.29) is 37.6 Å². The molecule has 3 aromatic rings. The second kappa shape index (κ2) is 21.9. The minimum Gasteiger partial charge on any atom is -0.481 e. The zero-order valence-corrected chi connectivity index (χ0v) is 28.6. The lowest BCUT2D eigenvalue weighted by Gasteiger charge is -2.11. The molecule has 21 heteroatoms. The Bertz CT molecular complexity index is 1560. The number of hydrogen-bond acceptors (Lipinski definition) is 12. The molecule has 2 aromatic carbocycles. The first-order valence-electron chi connectivity index (χ1n) is 13.5. The molecule has 17 nitrogen and oxygen atoms in total. The molecule has 0 bridgehead atoms. The van der Waals surface area contributed by atoms with Gasteiger partial charge in [0, 0.05) is 12.6 Å². The summed E-state index contributed by atoms with van der Waals surface area (Å²) in [6, 6.07) is 6.63. The molecule has 0 radical (unpaired) electrons. The average molecular weight is 782 g/mol. The number of Topliss-reactive ketones (excluding diaryl/α,β-unsaturated/α-hetero) is 1. The van der Waals surface area contributed by atoms with Gasteiger partial charge in [-0.3, -0.25) is 14.4 Å². The van der Waals surface area contributed by atoms with Crippen molar-refractivity contribution in [2.45, 2.75) is 24.9 Å². The number of esters is 2. The fraction of sp³-hybridized carbons (Fsp3) is 0.241. The number of nitrogens with one attached hydrogen (secondary N) is 2. The number of benzene rings is 2. The maximum atomic E-state index is 12.0. The third-order valence-corrected chi connectivity index (χ3v) is 6.78. The number of methoxy groups -OCH3 is 1. The van der Waals surface area contributed by atoms with E-state index in [4.69, 9.17) is 76.9 Å². The van der Waals surface area contributed by atoms with E-state index in [1.54, 1.807) is 18.3 Å². The number of imidazole rings is 1. The van der Waals surface area contributed by atoms with E-state index < -0.39 is 73.4 Å². The van der Waals surface area contributed by atoms with Crippen LogP contribution in [0.2, 0.25) is 20.1 Å². The molecule has 2 atom stereocenters. The van der Waals surface area contributed by atoms with E-state index in [9.17, 15) is 33.6 Å². The van der Waals surface area contributed by atoms with Crippen LogP contribution in [0.3, 0.4) is 0 Å². The van der Waals surface area contributed by atoms with Crippen LogP contribution in [0.1, 0.15) is 32.8 Å². The predicted octanol–water partition coefficient (Wildman–Crippen LogP) is 3.52. The van der Waals surface area contributed by atoms with Gasteiger partial charge in [-0.25, -0.2) is 24.2 Å². The number of aromatic nitrogens is 2. The number of aliphatic carboxylic acids is 3. The largest absolute Gasteiger partial charge is 0.481 e. The monoisotopic (exact) mass is 780 g/mol. The number of H-pyrrole nitrogens is 1. The lowest BCUT2D eigenvalue weighted by Crippen LogP contribution is -2.42. The van der Waals surface area contributed by atoms with Crippen LogP contribution >= 0.6 is 46.4 Å². The maximum Gasteiger partial charge on any atom is 0.407 e. The number of ether oxygens (including phenoxy) is 3. The number of nitrogens with two attached hydrogens (primary N) is 1. The number of carboxylic acids is 3. The first kappa shape index (κ1) is 43.1. The van der Waals surface area contributed by atoms with Crippen LogP contribution in [0.15, 0.2) is 48.9 Å². The zero-order valence-electron chi connectivity index (χ0n) is 25.6. The molecule has 0 aliphatic rings. The highest BCUT2D eigenvalue weighted by Gasteiger charge is 2.22. The van der Waals surface area contributed by atoms with Crippen molar-refractivity contribution in [1.29, 1.82) is 0 Å².